The molecule has 0 fully saturated rings. The zero-order valence-corrected chi connectivity index (χ0v) is 11.4. The van der Waals surface area contributed by atoms with Crippen LogP contribution in [0.25, 0.3) is 5.69 Å². The third kappa shape index (κ3) is 2.18. The lowest BCUT2D eigenvalue weighted by molar-refractivity contribution is 0.795. The predicted octanol–water partition coefficient (Wildman–Crippen LogP) is 2.55. The highest BCUT2D eigenvalue weighted by Crippen LogP contribution is 2.22. The van der Waals surface area contributed by atoms with Crippen molar-refractivity contribution in [2.45, 2.75) is 33.6 Å². The SMILES string of the molecule is CCc1c(CCN)cnn1-c1c(C)cccc1C. The Morgan fingerprint density at radius 1 is 1.22 bits per heavy atom. The van der Waals surface area contributed by atoms with Crippen molar-refractivity contribution in [2.24, 2.45) is 5.73 Å². The van der Waals surface area contributed by atoms with Crippen LogP contribution in [0.1, 0.15) is 29.3 Å². The molecule has 0 atom stereocenters. The largest absolute Gasteiger partial charge is 0.330 e. The quantitative estimate of drug-likeness (QED) is 0.897. The first-order valence-corrected chi connectivity index (χ1v) is 6.51. The first kappa shape index (κ1) is 12.8. The Bertz CT molecular complexity index is 520. The Kier molecular flexibility index (Phi) is 3.82. The standard InChI is InChI=1S/C15H21N3/c1-4-14-13(8-9-16)10-17-18(14)15-11(2)6-5-7-12(15)3/h5-7,10H,4,8-9,16H2,1-3H3. The van der Waals surface area contributed by atoms with Gasteiger partial charge in [-0.05, 0) is 49.9 Å². The average Bonchev–Trinajstić information content (AvgIpc) is 2.72. The molecule has 1 aromatic heterocycles. The fraction of sp³-hybridized carbons (Fsp3) is 0.400. The van der Waals surface area contributed by atoms with Gasteiger partial charge in [-0.25, -0.2) is 4.68 Å². The van der Waals surface area contributed by atoms with E-state index in [4.69, 9.17) is 5.73 Å². The third-order valence-corrected chi connectivity index (χ3v) is 3.36. The molecule has 1 aromatic carbocycles. The number of nitrogens with zero attached hydrogens (tertiary/aromatic N) is 2. The lowest BCUT2D eigenvalue weighted by Gasteiger charge is -2.13. The maximum Gasteiger partial charge on any atom is 0.0707 e. The second-order valence-electron chi connectivity index (χ2n) is 4.66. The molecular formula is C15H21N3. The van der Waals surface area contributed by atoms with Gasteiger partial charge in [0.1, 0.15) is 0 Å². The van der Waals surface area contributed by atoms with Crippen molar-refractivity contribution in [1.82, 2.24) is 9.78 Å². The molecule has 18 heavy (non-hydrogen) atoms. The summed E-state index contributed by atoms with van der Waals surface area (Å²) in [4.78, 5) is 0. The summed E-state index contributed by atoms with van der Waals surface area (Å²) in [5.41, 5.74) is 11.9. The van der Waals surface area contributed by atoms with Gasteiger partial charge in [0.15, 0.2) is 0 Å². The molecule has 0 aliphatic heterocycles. The molecule has 3 heteroatoms. The van der Waals surface area contributed by atoms with Crippen molar-refractivity contribution in [1.29, 1.82) is 0 Å². The number of rotatable bonds is 4. The zero-order valence-electron chi connectivity index (χ0n) is 11.4. The van der Waals surface area contributed by atoms with Gasteiger partial charge < -0.3 is 5.73 Å². The topological polar surface area (TPSA) is 43.8 Å². The Balaban J connectivity index is 2.57. The van der Waals surface area contributed by atoms with Gasteiger partial charge in [-0.2, -0.15) is 5.10 Å². The van der Waals surface area contributed by atoms with Gasteiger partial charge in [0, 0.05) is 5.69 Å². The molecule has 0 bridgehead atoms. The zero-order chi connectivity index (χ0) is 13.1. The van der Waals surface area contributed by atoms with E-state index in [1.165, 1.54) is 28.1 Å². The molecule has 0 amide bonds. The van der Waals surface area contributed by atoms with E-state index in [-0.39, 0.29) is 0 Å². The maximum absolute atomic E-state index is 5.65. The molecule has 1 heterocycles. The molecule has 0 radical (unpaired) electrons. The summed E-state index contributed by atoms with van der Waals surface area (Å²) in [6, 6.07) is 6.35. The molecule has 96 valence electrons. The first-order chi connectivity index (χ1) is 8.69. The van der Waals surface area contributed by atoms with Crippen LogP contribution in [-0.4, -0.2) is 16.3 Å². The number of hydrogen-bond donors (Lipinski definition) is 1. The van der Waals surface area contributed by atoms with Crippen molar-refractivity contribution in [2.75, 3.05) is 6.54 Å². The van der Waals surface area contributed by atoms with Gasteiger partial charge in [-0.1, -0.05) is 25.1 Å². The molecule has 0 unspecified atom stereocenters. The van der Waals surface area contributed by atoms with E-state index in [0.29, 0.717) is 6.54 Å². The van der Waals surface area contributed by atoms with Gasteiger partial charge in [-0.15, -0.1) is 0 Å². The Hall–Kier alpha value is -1.61. The van der Waals surface area contributed by atoms with E-state index < -0.39 is 0 Å². The van der Waals surface area contributed by atoms with E-state index >= 15 is 0 Å². The summed E-state index contributed by atoms with van der Waals surface area (Å²) >= 11 is 0. The third-order valence-electron chi connectivity index (χ3n) is 3.36. The summed E-state index contributed by atoms with van der Waals surface area (Å²) in [5.74, 6) is 0. The molecule has 2 rings (SSSR count). The molecule has 0 spiro atoms. The van der Waals surface area contributed by atoms with Crippen molar-refractivity contribution in [3.05, 3.63) is 46.8 Å². The maximum atomic E-state index is 5.65. The number of aryl methyl sites for hydroxylation is 2. The van der Waals surface area contributed by atoms with Gasteiger partial charge in [0.2, 0.25) is 0 Å². The smallest absolute Gasteiger partial charge is 0.0707 e. The Labute approximate surface area is 109 Å². The van der Waals surface area contributed by atoms with Crippen molar-refractivity contribution >= 4 is 0 Å². The van der Waals surface area contributed by atoms with Gasteiger partial charge in [0.25, 0.3) is 0 Å². The highest BCUT2D eigenvalue weighted by molar-refractivity contribution is 5.48. The molecule has 0 aliphatic carbocycles. The molecule has 3 nitrogen and oxygen atoms in total. The van der Waals surface area contributed by atoms with Crippen molar-refractivity contribution < 1.29 is 0 Å². The van der Waals surface area contributed by atoms with Crippen molar-refractivity contribution in [3.8, 4) is 5.69 Å². The highest BCUT2D eigenvalue weighted by Gasteiger charge is 2.13. The minimum Gasteiger partial charge on any atom is -0.330 e. The number of hydrogen-bond acceptors (Lipinski definition) is 2. The highest BCUT2D eigenvalue weighted by atomic mass is 15.3. The van der Waals surface area contributed by atoms with Gasteiger partial charge in [0.05, 0.1) is 11.9 Å². The van der Waals surface area contributed by atoms with E-state index in [0.717, 1.165) is 12.8 Å². The van der Waals surface area contributed by atoms with Crippen LogP contribution >= 0.6 is 0 Å². The lowest BCUT2D eigenvalue weighted by Crippen LogP contribution is -2.08. The van der Waals surface area contributed by atoms with E-state index in [9.17, 15) is 0 Å². The van der Waals surface area contributed by atoms with Crippen LogP contribution < -0.4 is 5.73 Å². The van der Waals surface area contributed by atoms with E-state index in [1.807, 2.05) is 6.20 Å². The van der Waals surface area contributed by atoms with Crippen LogP contribution in [0.4, 0.5) is 0 Å². The van der Waals surface area contributed by atoms with Crippen LogP contribution in [0.2, 0.25) is 0 Å². The fourth-order valence-electron chi connectivity index (χ4n) is 2.48. The van der Waals surface area contributed by atoms with Crippen molar-refractivity contribution in [3.63, 3.8) is 0 Å². The minimum absolute atomic E-state index is 0.672. The van der Waals surface area contributed by atoms with Gasteiger partial charge >= 0.3 is 0 Å². The number of aromatic nitrogens is 2. The van der Waals surface area contributed by atoms with Gasteiger partial charge in [-0.3, -0.25) is 0 Å². The molecular weight excluding hydrogens is 222 g/mol. The van der Waals surface area contributed by atoms with Crippen LogP contribution in [0.3, 0.4) is 0 Å². The summed E-state index contributed by atoms with van der Waals surface area (Å²) in [6.07, 6.45) is 3.83. The Morgan fingerprint density at radius 2 is 1.89 bits per heavy atom. The molecule has 0 aliphatic rings. The monoisotopic (exact) mass is 243 g/mol. The summed E-state index contributed by atoms with van der Waals surface area (Å²) in [7, 11) is 0. The Morgan fingerprint density at radius 3 is 2.44 bits per heavy atom. The first-order valence-electron chi connectivity index (χ1n) is 6.51. The second kappa shape index (κ2) is 5.36. The minimum atomic E-state index is 0.672. The van der Waals surface area contributed by atoms with Crippen LogP contribution in [0, 0.1) is 13.8 Å². The predicted molar refractivity (Wildman–Crippen MR) is 75.2 cm³/mol. The second-order valence-corrected chi connectivity index (χ2v) is 4.66. The number of benzene rings is 1. The summed E-state index contributed by atoms with van der Waals surface area (Å²) in [5, 5.41) is 4.56. The summed E-state index contributed by atoms with van der Waals surface area (Å²) in [6.45, 7) is 7.10. The van der Waals surface area contributed by atoms with Crippen LogP contribution in [-0.2, 0) is 12.8 Å². The van der Waals surface area contributed by atoms with E-state index in [1.54, 1.807) is 0 Å². The normalized spacial score (nSPS) is 10.9. The number of para-hydroxylation sites is 1. The van der Waals surface area contributed by atoms with E-state index in [2.05, 4.69) is 48.8 Å². The fourth-order valence-corrected chi connectivity index (χ4v) is 2.48. The average molecular weight is 243 g/mol. The molecule has 0 saturated heterocycles. The van der Waals surface area contributed by atoms with Crippen LogP contribution in [0.15, 0.2) is 24.4 Å². The summed E-state index contributed by atoms with van der Waals surface area (Å²) < 4.78 is 2.08. The molecule has 2 N–H and O–H groups in total. The lowest BCUT2D eigenvalue weighted by atomic mass is 10.1. The molecule has 2 aromatic rings. The molecule has 0 saturated carbocycles. The van der Waals surface area contributed by atoms with Crippen LogP contribution in [0.5, 0.6) is 0 Å². The number of nitrogens with two attached hydrogens (primary N) is 1.